The van der Waals surface area contributed by atoms with Gasteiger partial charge in [0.2, 0.25) is 0 Å². The molecular formula is C39H37N3. The molecule has 0 amide bonds. The van der Waals surface area contributed by atoms with Gasteiger partial charge in [-0.3, -0.25) is 0 Å². The van der Waals surface area contributed by atoms with Crippen LogP contribution < -0.4 is 11.1 Å². The minimum absolute atomic E-state index is 0.840. The van der Waals surface area contributed by atoms with Crippen LogP contribution in [-0.4, -0.2) is 4.98 Å². The molecule has 0 saturated carbocycles. The first-order valence-electron chi connectivity index (χ1n) is 14.3. The van der Waals surface area contributed by atoms with Gasteiger partial charge in [-0.05, 0) is 83.3 Å². The van der Waals surface area contributed by atoms with Crippen molar-refractivity contribution in [3.8, 4) is 11.1 Å². The largest absolute Gasteiger partial charge is 0.404 e. The maximum atomic E-state index is 6.05. The zero-order valence-electron chi connectivity index (χ0n) is 24.3. The highest BCUT2D eigenvalue weighted by Crippen LogP contribution is 2.36. The summed E-state index contributed by atoms with van der Waals surface area (Å²) in [4.78, 5) is 3.23. The van der Waals surface area contributed by atoms with Crippen molar-refractivity contribution in [1.29, 1.82) is 0 Å². The summed E-state index contributed by atoms with van der Waals surface area (Å²) >= 11 is 0. The normalized spacial score (nSPS) is 12.4. The molecule has 1 aromatic heterocycles. The van der Waals surface area contributed by atoms with Crippen LogP contribution >= 0.6 is 0 Å². The summed E-state index contributed by atoms with van der Waals surface area (Å²) in [5.74, 6) is 0. The Kier molecular flexibility index (Phi) is 9.00. The fraction of sp³-hybridized carbons (Fsp3) is 0.0769. The molecule has 0 bridgehead atoms. The quantitative estimate of drug-likeness (QED) is 0.152. The van der Waals surface area contributed by atoms with Crippen LogP contribution in [0, 0.1) is 6.92 Å². The SMILES string of the molecule is C=C(\C=C/C(=C\C)C(/C=C\Cc1c[nH]c(C)c1)=C/N)c1ccc2cc(-c3ccccc3)ccc2c1Nc1ccccc1. The van der Waals surface area contributed by atoms with E-state index in [0.29, 0.717) is 0 Å². The molecule has 5 rings (SSSR count). The molecule has 3 nitrogen and oxygen atoms in total. The second-order valence-electron chi connectivity index (χ2n) is 10.3. The molecule has 5 aromatic rings. The highest BCUT2D eigenvalue weighted by Gasteiger charge is 2.11. The van der Waals surface area contributed by atoms with Crippen molar-refractivity contribution in [3.63, 3.8) is 0 Å². The predicted molar refractivity (Wildman–Crippen MR) is 182 cm³/mol. The van der Waals surface area contributed by atoms with E-state index in [1.54, 1.807) is 6.20 Å². The standard InChI is InChI=1S/C39H37N3/c1-4-31(35(26-40)15-11-12-30-24-29(3)41-27-30)19-18-28(2)37-22-21-34-25-33(32-13-7-5-8-14-32)20-23-38(34)39(37)42-36-16-9-6-10-17-36/h4-11,13-27,41-42H,2,12,40H2,1,3H3/b15-11-,19-18-,31-4+,35-26+. The number of nitrogens with one attached hydrogen (secondary N) is 2. The van der Waals surface area contributed by atoms with Crippen molar-refractivity contribution in [2.75, 3.05) is 5.32 Å². The highest BCUT2D eigenvalue weighted by atomic mass is 14.9. The topological polar surface area (TPSA) is 53.8 Å². The molecule has 4 aromatic carbocycles. The van der Waals surface area contributed by atoms with Crippen molar-refractivity contribution in [2.24, 2.45) is 5.73 Å². The number of hydrogen-bond acceptors (Lipinski definition) is 2. The number of rotatable bonds is 10. The Morgan fingerprint density at radius 2 is 1.60 bits per heavy atom. The first-order chi connectivity index (χ1) is 20.6. The van der Waals surface area contributed by atoms with E-state index in [9.17, 15) is 0 Å². The van der Waals surface area contributed by atoms with Gasteiger partial charge in [-0.1, -0.05) is 110 Å². The zero-order chi connectivity index (χ0) is 29.3. The fourth-order valence-corrected chi connectivity index (χ4v) is 5.10. The van der Waals surface area contributed by atoms with Crippen LogP contribution in [0.4, 0.5) is 11.4 Å². The number of H-pyrrole nitrogens is 1. The van der Waals surface area contributed by atoms with Gasteiger partial charge in [-0.15, -0.1) is 0 Å². The third-order valence-electron chi connectivity index (χ3n) is 7.34. The number of benzene rings is 4. The molecule has 42 heavy (non-hydrogen) atoms. The maximum Gasteiger partial charge on any atom is 0.0543 e. The smallest absolute Gasteiger partial charge is 0.0543 e. The van der Waals surface area contributed by atoms with Crippen LogP contribution in [-0.2, 0) is 6.42 Å². The minimum Gasteiger partial charge on any atom is -0.404 e. The summed E-state index contributed by atoms with van der Waals surface area (Å²) in [7, 11) is 0. The van der Waals surface area contributed by atoms with Crippen LogP contribution in [0.25, 0.3) is 27.5 Å². The Bertz CT molecular complexity index is 1800. The molecule has 0 unspecified atom stereocenters. The third-order valence-corrected chi connectivity index (χ3v) is 7.34. The lowest BCUT2D eigenvalue weighted by Gasteiger charge is -2.17. The molecule has 0 fully saturated rings. The van der Waals surface area contributed by atoms with Crippen molar-refractivity contribution in [1.82, 2.24) is 4.98 Å². The summed E-state index contributed by atoms with van der Waals surface area (Å²) in [5, 5.41) is 5.99. The number of anilines is 2. The lowest BCUT2D eigenvalue weighted by molar-refractivity contribution is 1.25. The first-order valence-corrected chi connectivity index (χ1v) is 14.3. The molecule has 0 atom stereocenters. The molecule has 0 radical (unpaired) electrons. The van der Waals surface area contributed by atoms with Crippen molar-refractivity contribution >= 4 is 27.7 Å². The van der Waals surface area contributed by atoms with E-state index in [1.807, 2.05) is 37.4 Å². The van der Waals surface area contributed by atoms with Crippen LogP contribution in [0.1, 0.15) is 23.7 Å². The molecule has 3 heteroatoms. The number of aryl methyl sites for hydroxylation is 1. The van der Waals surface area contributed by atoms with Crippen LogP contribution in [0.3, 0.4) is 0 Å². The Morgan fingerprint density at radius 3 is 2.29 bits per heavy atom. The van der Waals surface area contributed by atoms with E-state index in [0.717, 1.165) is 51.2 Å². The number of fused-ring (bicyclic) bond motifs is 1. The average Bonchev–Trinajstić information content (AvgIpc) is 3.45. The van der Waals surface area contributed by atoms with Gasteiger partial charge in [0.25, 0.3) is 0 Å². The molecule has 0 aliphatic rings. The molecule has 4 N–H and O–H groups in total. The molecule has 0 aliphatic carbocycles. The molecule has 0 saturated heterocycles. The molecule has 0 spiro atoms. The summed E-state index contributed by atoms with van der Waals surface area (Å²) < 4.78 is 0. The summed E-state index contributed by atoms with van der Waals surface area (Å²) in [5.41, 5.74) is 16.9. The third kappa shape index (κ3) is 6.71. The number of para-hydroxylation sites is 1. The number of hydrogen-bond donors (Lipinski definition) is 3. The van der Waals surface area contributed by atoms with Crippen molar-refractivity contribution in [3.05, 3.63) is 174 Å². The van der Waals surface area contributed by atoms with E-state index < -0.39 is 0 Å². The lowest BCUT2D eigenvalue weighted by atomic mass is 9.95. The van der Waals surface area contributed by atoms with E-state index in [1.165, 1.54) is 22.1 Å². The Morgan fingerprint density at radius 1 is 0.833 bits per heavy atom. The van der Waals surface area contributed by atoms with Crippen LogP contribution in [0.2, 0.25) is 0 Å². The minimum atomic E-state index is 0.840. The average molecular weight is 548 g/mol. The number of aromatic nitrogens is 1. The summed E-state index contributed by atoms with van der Waals surface area (Å²) in [6.45, 7) is 8.56. The molecule has 1 heterocycles. The maximum absolute atomic E-state index is 6.05. The van der Waals surface area contributed by atoms with Crippen LogP contribution in [0.5, 0.6) is 0 Å². The van der Waals surface area contributed by atoms with Gasteiger partial charge in [0, 0.05) is 34.7 Å². The summed E-state index contributed by atoms with van der Waals surface area (Å²) in [6.07, 6.45) is 15.0. The van der Waals surface area contributed by atoms with E-state index in [4.69, 9.17) is 5.73 Å². The Balaban J connectivity index is 1.45. The second-order valence-corrected chi connectivity index (χ2v) is 10.3. The van der Waals surface area contributed by atoms with Crippen molar-refractivity contribution in [2.45, 2.75) is 20.3 Å². The second kappa shape index (κ2) is 13.4. The fourth-order valence-electron chi connectivity index (χ4n) is 5.10. The monoisotopic (exact) mass is 547 g/mol. The van der Waals surface area contributed by atoms with Gasteiger partial charge in [0.15, 0.2) is 0 Å². The van der Waals surface area contributed by atoms with E-state index >= 15 is 0 Å². The van der Waals surface area contributed by atoms with Gasteiger partial charge < -0.3 is 16.0 Å². The Hall–Kier alpha value is -5.28. The molecule has 208 valence electrons. The highest BCUT2D eigenvalue weighted by molar-refractivity contribution is 6.03. The number of aromatic amines is 1. The number of allylic oxidation sites excluding steroid dienone is 8. The van der Waals surface area contributed by atoms with E-state index in [2.05, 4.69) is 127 Å². The summed E-state index contributed by atoms with van der Waals surface area (Å²) in [6, 6.07) is 33.9. The van der Waals surface area contributed by atoms with Gasteiger partial charge in [-0.2, -0.15) is 0 Å². The van der Waals surface area contributed by atoms with Gasteiger partial charge in [0.05, 0.1) is 5.69 Å². The number of nitrogens with two attached hydrogens (primary N) is 1. The lowest BCUT2D eigenvalue weighted by Crippen LogP contribution is -1.97. The zero-order valence-corrected chi connectivity index (χ0v) is 24.3. The molecular weight excluding hydrogens is 510 g/mol. The Labute approximate surface area is 249 Å². The van der Waals surface area contributed by atoms with Crippen LogP contribution in [0.15, 0.2) is 158 Å². The van der Waals surface area contributed by atoms with Gasteiger partial charge in [-0.25, -0.2) is 0 Å². The van der Waals surface area contributed by atoms with Crippen molar-refractivity contribution < 1.29 is 0 Å². The first kappa shape index (κ1) is 28.3. The predicted octanol–water partition coefficient (Wildman–Crippen LogP) is 10.0. The van der Waals surface area contributed by atoms with Gasteiger partial charge in [0.1, 0.15) is 0 Å². The molecule has 0 aliphatic heterocycles. The van der Waals surface area contributed by atoms with E-state index in [-0.39, 0.29) is 0 Å². The van der Waals surface area contributed by atoms with Gasteiger partial charge >= 0.3 is 0 Å².